The number of halogens is 1. The quantitative estimate of drug-likeness (QED) is 0.722. The lowest BCUT2D eigenvalue weighted by molar-refractivity contribution is 0.451. The first kappa shape index (κ1) is 9.66. The minimum atomic E-state index is -0.0624. The second-order valence-electron chi connectivity index (χ2n) is 4.01. The molecular formula is C12H16FN. The Hall–Kier alpha value is -0.890. The molecule has 0 aromatic heterocycles. The van der Waals surface area contributed by atoms with Crippen molar-refractivity contribution in [2.24, 2.45) is 0 Å². The first-order valence-corrected chi connectivity index (χ1v) is 5.22. The molecule has 14 heavy (non-hydrogen) atoms. The van der Waals surface area contributed by atoms with Gasteiger partial charge in [-0.1, -0.05) is 13.0 Å². The fourth-order valence-electron chi connectivity index (χ4n) is 2.11. The normalized spacial score (nSPS) is 20.6. The highest BCUT2D eigenvalue weighted by molar-refractivity contribution is 5.37. The molecular weight excluding hydrogens is 177 g/mol. The Kier molecular flexibility index (Phi) is 2.55. The minimum absolute atomic E-state index is 0.0624. The van der Waals surface area contributed by atoms with E-state index in [4.69, 9.17) is 0 Å². The molecule has 1 aromatic rings. The molecule has 0 radical (unpaired) electrons. The molecule has 1 aliphatic heterocycles. The van der Waals surface area contributed by atoms with Gasteiger partial charge in [-0.3, -0.25) is 0 Å². The Bertz CT molecular complexity index is 346. The van der Waals surface area contributed by atoms with Crippen molar-refractivity contribution in [2.45, 2.75) is 39.3 Å². The third-order valence-corrected chi connectivity index (χ3v) is 3.12. The van der Waals surface area contributed by atoms with Gasteiger partial charge in [0, 0.05) is 18.2 Å². The third kappa shape index (κ3) is 1.55. The molecule has 0 amide bonds. The summed E-state index contributed by atoms with van der Waals surface area (Å²) in [5.41, 5.74) is 3.31. The molecule has 0 spiro atoms. The standard InChI is InChI=1S/C12H16FN/c1-3-9-6-10-8(2)4-5-12(13)11(10)7-14-9/h4-5,9,14H,3,6-7H2,1-2H3. The third-order valence-electron chi connectivity index (χ3n) is 3.12. The number of fused-ring (bicyclic) bond motifs is 1. The predicted molar refractivity (Wildman–Crippen MR) is 55.8 cm³/mol. The summed E-state index contributed by atoms with van der Waals surface area (Å²) in [4.78, 5) is 0. The molecule has 2 rings (SSSR count). The molecule has 1 aliphatic rings. The van der Waals surface area contributed by atoms with Crippen molar-refractivity contribution in [3.63, 3.8) is 0 Å². The molecule has 1 N–H and O–H groups in total. The van der Waals surface area contributed by atoms with E-state index in [2.05, 4.69) is 19.2 Å². The van der Waals surface area contributed by atoms with Crippen LogP contribution >= 0.6 is 0 Å². The van der Waals surface area contributed by atoms with Crippen LogP contribution in [-0.2, 0) is 13.0 Å². The smallest absolute Gasteiger partial charge is 0.127 e. The summed E-state index contributed by atoms with van der Waals surface area (Å²) < 4.78 is 13.4. The first-order chi connectivity index (χ1) is 6.72. The highest BCUT2D eigenvalue weighted by atomic mass is 19.1. The van der Waals surface area contributed by atoms with Crippen LogP contribution in [-0.4, -0.2) is 6.04 Å². The highest BCUT2D eigenvalue weighted by Gasteiger charge is 2.20. The van der Waals surface area contributed by atoms with Gasteiger partial charge in [0.05, 0.1) is 0 Å². The van der Waals surface area contributed by atoms with Crippen LogP contribution in [0.4, 0.5) is 4.39 Å². The van der Waals surface area contributed by atoms with Crippen LogP contribution in [0.5, 0.6) is 0 Å². The van der Waals surface area contributed by atoms with Crippen molar-refractivity contribution in [1.82, 2.24) is 5.32 Å². The van der Waals surface area contributed by atoms with E-state index in [0.29, 0.717) is 12.6 Å². The van der Waals surface area contributed by atoms with E-state index in [1.165, 1.54) is 11.1 Å². The van der Waals surface area contributed by atoms with Gasteiger partial charge < -0.3 is 5.32 Å². The molecule has 1 nitrogen and oxygen atoms in total. The summed E-state index contributed by atoms with van der Waals surface area (Å²) in [6, 6.07) is 3.97. The molecule has 0 saturated carbocycles. The van der Waals surface area contributed by atoms with Crippen LogP contribution < -0.4 is 5.32 Å². The lowest BCUT2D eigenvalue weighted by atomic mass is 9.91. The van der Waals surface area contributed by atoms with Crippen molar-refractivity contribution in [2.75, 3.05) is 0 Å². The Labute approximate surface area is 84.3 Å². The van der Waals surface area contributed by atoms with Crippen molar-refractivity contribution in [3.8, 4) is 0 Å². The number of benzene rings is 1. The Balaban J connectivity index is 2.40. The van der Waals surface area contributed by atoms with Gasteiger partial charge in [0.25, 0.3) is 0 Å². The van der Waals surface area contributed by atoms with Crippen molar-refractivity contribution in [1.29, 1.82) is 0 Å². The van der Waals surface area contributed by atoms with Gasteiger partial charge >= 0.3 is 0 Å². The average Bonchev–Trinajstić information content (AvgIpc) is 2.23. The molecule has 0 aliphatic carbocycles. The van der Waals surface area contributed by atoms with Gasteiger partial charge in [-0.05, 0) is 37.0 Å². The molecule has 0 fully saturated rings. The summed E-state index contributed by atoms with van der Waals surface area (Å²) in [7, 11) is 0. The van der Waals surface area contributed by atoms with Crippen LogP contribution in [0.3, 0.4) is 0 Å². The Morgan fingerprint density at radius 2 is 2.21 bits per heavy atom. The van der Waals surface area contributed by atoms with Crippen molar-refractivity contribution in [3.05, 3.63) is 34.6 Å². The van der Waals surface area contributed by atoms with Crippen molar-refractivity contribution >= 4 is 0 Å². The molecule has 0 bridgehead atoms. The molecule has 2 heteroatoms. The molecule has 1 heterocycles. The topological polar surface area (TPSA) is 12.0 Å². The summed E-state index contributed by atoms with van der Waals surface area (Å²) in [6.07, 6.45) is 2.07. The lowest BCUT2D eigenvalue weighted by Crippen LogP contribution is -2.35. The molecule has 1 atom stereocenters. The maximum absolute atomic E-state index is 13.4. The van der Waals surface area contributed by atoms with Crippen LogP contribution in [0.2, 0.25) is 0 Å². The molecule has 1 aromatic carbocycles. The number of nitrogens with one attached hydrogen (secondary N) is 1. The van der Waals surface area contributed by atoms with Gasteiger partial charge in [0.2, 0.25) is 0 Å². The molecule has 0 saturated heterocycles. The maximum Gasteiger partial charge on any atom is 0.127 e. The fraction of sp³-hybridized carbons (Fsp3) is 0.500. The fourth-order valence-corrected chi connectivity index (χ4v) is 2.11. The van der Waals surface area contributed by atoms with Gasteiger partial charge in [0.15, 0.2) is 0 Å². The van der Waals surface area contributed by atoms with Crippen LogP contribution in [0, 0.1) is 12.7 Å². The van der Waals surface area contributed by atoms with Crippen LogP contribution in [0.25, 0.3) is 0 Å². The van der Waals surface area contributed by atoms with Crippen LogP contribution in [0.15, 0.2) is 12.1 Å². The number of hydrogen-bond acceptors (Lipinski definition) is 1. The predicted octanol–water partition coefficient (Wildman–Crippen LogP) is 2.56. The summed E-state index contributed by atoms with van der Waals surface area (Å²) >= 11 is 0. The van der Waals surface area contributed by atoms with Gasteiger partial charge in [-0.2, -0.15) is 0 Å². The van der Waals surface area contributed by atoms with E-state index in [0.717, 1.165) is 18.4 Å². The second-order valence-corrected chi connectivity index (χ2v) is 4.01. The average molecular weight is 193 g/mol. The van der Waals surface area contributed by atoms with Gasteiger partial charge in [-0.15, -0.1) is 0 Å². The Morgan fingerprint density at radius 1 is 1.43 bits per heavy atom. The zero-order valence-corrected chi connectivity index (χ0v) is 8.73. The monoisotopic (exact) mass is 193 g/mol. The minimum Gasteiger partial charge on any atom is -0.309 e. The lowest BCUT2D eigenvalue weighted by Gasteiger charge is -2.26. The van der Waals surface area contributed by atoms with Gasteiger partial charge in [-0.25, -0.2) is 4.39 Å². The van der Waals surface area contributed by atoms with Gasteiger partial charge in [0.1, 0.15) is 5.82 Å². The summed E-state index contributed by atoms with van der Waals surface area (Å²) in [6.45, 7) is 4.91. The van der Waals surface area contributed by atoms with Crippen LogP contribution in [0.1, 0.15) is 30.0 Å². The van der Waals surface area contributed by atoms with Crippen molar-refractivity contribution < 1.29 is 4.39 Å². The van der Waals surface area contributed by atoms with E-state index in [-0.39, 0.29) is 5.82 Å². The SMILES string of the molecule is CCC1Cc2c(C)ccc(F)c2CN1. The second kappa shape index (κ2) is 3.70. The Morgan fingerprint density at radius 3 is 2.93 bits per heavy atom. The summed E-state index contributed by atoms with van der Waals surface area (Å²) in [5, 5.41) is 3.35. The zero-order valence-electron chi connectivity index (χ0n) is 8.73. The highest BCUT2D eigenvalue weighted by Crippen LogP contribution is 2.23. The molecule has 76 valence electrons. The number of hydrogen-bond donors (Lipinski definition) is 1. The maximum atomic E-state index is 13.4. The first-order valence-electron chi connectivity index (χ1n) is 5.22. The van der Waals surface area contributed by atoms with E-state index in [9.17, 15) is 4.39 Å². The zero-order chi connectivity index (χ0) is 10.1. The molecule has 1 unspecified atom stereocenters. The number of aryl methyl sites for hydroxylation is 1. The van der Waals surface area contributed by atoms with E-state index < -0.39 is 0 Å². The number of rotatable bonds is 1. The van der Waals surface area contributed by atoms with E-state index in [1.807, 2.05) is 6.07 Å². The largest absolute Gasteiger partial charge is 0.309 e. The van der Waals surface area contributed by atoms with E-state index >= 15 is 0 Å². The summed E-state index contributed by atoms with van der Waals surface area (Å²) in [5.74, 6) is -0.0624. The van der Waals surface area contributed by atoms with E-state index in [1.54, 1.807) is 6.07 Å².